The van der Waals surface area contributed by atoms with E-state index in [0.717, 1.165) is 16.3 Å². The molecule has 2 rings (SSSR count). The van der Waals surface area contributed by atoms with Crippen LogP contribution in [0.1, 0.15) is 63.7 Å². The van der Waals surface area contributed by atoms with Crippen molar-refractivity contribution in [3.63, 3.8) is 0 Å². The Morgan fingerprint density at radius 1 is 1.00 bits per heavy atom. The molecule has 2 N–H and O–H groups in total. The van der Waals surface area contributed by atoms with Crippen LogP contribution in [0.5, 0.6) is 0 Å². The van der Waals surface area contributed by atoms with Crippen LogP contribution < -0.4 is 10.6 Å². The highest BCUT2D eigenvalue weighted by molar-refractivity contribution is 7.09. The molecule has 0 bridgehead atoms. The third-order valence-electron chi connectivity index (χ3n) is 5.55. The molecule has 7 nitrogen and oxygen atoms in total. The first kappa shape index (κ1) is 27.5. The van der Waals surface area contributed by atoms with Gasteiger partial charge in [0, 0.05) is 24.3 Å². The molecule has 1 aromatic heterocycles. The van der Waals surface area contributed by atoms with E-state index in [1.54, 1.807) is 18.4 Å². The number of aromatic nitrogens is 1. The summed E-state index contributed by atoms with van der Waals surface area (Å²) < 4.78 is 0. The van der Waals surface area contributed by atoms with Gasteiger partial charge in [-0.05, 0) is 17.9 Å². The molecule has 34 heavy (non-hydrogen) atoms. The van der Waals surface area contributed by atoms with E-state index in [2.05, 4.69) is 29.5 Å². The first-order valence-electron chi connectivity index (χ1n) is 11.8. The summed E-state index contributed by atoms with van der Waals surface area (Å²) in [6.07, 6.45) is 0.407. The van der Waals surface area contributed by atoms with E-state index in [1.165, 1.54) is 4.90 Å². The van der Waals surface area contributed by atoms with Gasteiger partial charge in [0.15, 0.2) is 5.78 Å². The molecule has 0 saturated heterocycles. The van der Waals surface area contributed by atoms with Crippen molar-refractivity contribution in [2.75, 3.05) is 7.05 Å². The van der Waals surface area contributed by atoms with Gasteiger partial charge in [0.2, 0.25) is 5.91 Å². The molecule has 1 aromatic carbocycles. The number of amides is 3. The number of Topliss-reactive ketones (excluding diaryl/α,β-unsaturated/α-hetero) is 1. The fraction of sp³-hybridized carbons (Fsp3) is 0.538. The summed E-state index contributed by atoms with van der Waals surface area (Å²) >= 11 is 1.58. The summed E-state index contributed by atoms with van der Waals surface area (Å²) in [5.41, 5.74) is 1.79. The van der Waals surface area contributed by atoms with Crippen molar-refractivity contribution in [2.24, 2.45) is 11.8 Å². The van der Waals surface area contributed by atoms with E-state index in [-0.39, 0.29) is 29.6 Å². The highest BCUT2D eigenvalue weighted by Crippen LogP contribution is 2.20. The second-order valence-electron chi connectivity index (χ2n) is 9.67. The molecule has 0 unspecified atom stereocenters. The van der Waals surface area contributed by atoms with Crippen LogP contribution in [0.4, 0.5) is 4.79 Å². The number of hydrogen-bond donors (Lipinski definition) is 2. The van der Waals surface area contributed by atoms with Gasteiger partial charge in [0.05, 0.1) is 23.3 Å². The number of benzene rings is 1. The average molecular weight is 487 g/mol. The maximum absolute atomic E-state index is 13.2. The fourth-order valence-electron chi connectivity index (χ4n) is 3.49. The van der Waals surface area contributed by atoms with Crippen LogP contribution in [0.25, 0.3) is 0 Å². The Kier molecular flexibility index (Phi) is 10.2. The van der Waals surface area contributed by atoms with E-state index in [4.69, 9.17) is 0 Å². The normalized spacial score (nSPS) is 13.1. The van der Waals surface area contributed by atoms with E-state index in [1.807, 2.05) is 63.4 Å². The zero-order valence-corrected chi connectivity index (χ0v) is 22.1. The molecule has 0 fully saturated rings. The number of urea groups is 1. The number of nitrogens with zero attached hydrogens (tertiary/aromatic N) is 2. The molecule has 1 heterocycles. The summed E-state index contributed by atoms with van der Waals surface area (Å²) in [5, 5.41) is 8.73. The lowest BCUT2D eigenvalue weighted by atomic mass is 9.94. The minimum absolute atomic E-state index is 0.0346. The van der Waals surface area contributed by atoms with Gasteiger partial charge in [0.25, 0.3) is 0 Å². The van der Waals surface area contributed by atoms with Gasteiger partial charge in [0.1, 0.15) is 6.04 Å². The van der Waals surface area contributed by atoms with Crippen LogP contribution in [-0.2, 0) is 22.6 Å². The summed E-state index contributed by atoms with van der Waals surface area (Å²) in [7, 11) is 1.68. The lowest BCUT2D eigenvalue weighted by Gasteiger charge is -2.27. The van der Waals surface area contributed by atoms with Gasteiger partial charge in [-0.2, -0.15) is 0 Å². The smallest absolute Gasteiger partial charge is 0.318 e. The molecule has 2 atom stereocenters. The van der Waals surface area contributed by atoms with Crippen molar-refractivity contribution in [1.29, 1.82) is 0 Å². The second-order valence-corrected chi connectivity index (χ2v) is 10.6. The fourth-order valence-corrected chi connectivity index (χ4v) is 4.32. The first-order valence-corrected chi connectivity index (χ1v) is 12.7. The highest BCUT2D eigenvalue weighted by atomic mass is 32.1. The van der Waals surface area contributed by atoms with Gasteiger partial charge >= 0.3 is 6.03 Å². The molecule has 0 aliphatic rings. The number of nitrogens with one attached hydrogen (secondary N) is 2. The molecule has 0 saturated carbocycles. The Bertz CT molecular complexity index is 956. The van der Waals surface area contributed by atoms with Crippen molar-refractivity contribution in [2.45, 2.75) is 72.5 Å². The molecule has 3 amide bonds. The van der Waals surface area contributed by atoms with Gasteiger partial charge in [-0.3, -0.25) is 9.59 Å². The Hall–Kier alpha value is -2.74. The van der Waals surface area contributed by atoms with E-state index < -0.39 is 12.1 Å². The second kappa shape index (κ2) is 12.6. The molecule has 0 radical (unpaired) electrons. The van der Waals surface area contributed by atoms with Crippen LogP contribution in [0.15, 0.2) is 35.7 Å². The molecular formula is C26H38N4O3S. The zero-order chi connectivity index (χ0) is 25.4. The number of hydrogen-bond acceptors (Lipinski definition) is 5. The van der Waals surface area contributed by atoms with Crippen molar-refractivity contribution in [3.05, 3.63) is 52.0 Å². The predicted octanol–water partition coefficient (Wildman–Crippen LogP) is 4.39. The summed E-state index contributed by atoms with van der Waals surface area (Å²) in [6.45, 7) is 11.9. The topological polar surface area (TPSA) is 91.4 Å². The zero-order valence-electron chi connectivity index (χ0n) is 21.3. The molecule has 186 valence electrons. The molecular weight excluding hydrogens is 448 g/mol. The third-order valence-corrected chi connectivity index (χ3v) is 6.74. The number of carbonyl (C=O) groups is 3. The summed E-state index contributed by atoms with van der Waals surface area (Å²) in [6, 6.07) is 7.82. The summed E-state index contributed by atoms with van der Waals surface area (Å²) in [5.74, 6) is -0.434. The van der Waals surface area contributed by atoms with Gasteiger partial charge in [-0.25, -0.2) is 9.78 Å². The molecule has 0 spiro atoms. The Morgan fingerprint density at radius 3 is 2.18 bits per heavy atom. The molecule has 0 aliphatic heterocycles. The van der Waals surface area contributed by atoms with Gasteiger partial charge in [-0.1, -0.05) is 71.9 Å². The highest BCUT2D eigenvalue weighted by Gasteiger charge is 2.30. The van der Waals surface area contributed by atoms with Crippen LogP contribution in [-0.4, -0.2) is 46.7 Å². The number of carbonyl (C=O) groups excluding carboxylic acids is 3. The lowest BCUT2D eigenvalue weighted by Crippen LogP contribution is -2.56. The van der Waals surface area contributed by atoms with Gasteiger partial charge in [-0.15, -0.1) is 11.3 Å². The quantitative estimate of drug-likeness (QED) is 0.493. The van der Waals surface area contributed by atoms with Crippen molar-refractivity contribution >= 4 is 29.1 Å². The number of thiazole rings is 1. The van der Waals surface area contributed by atoms with Crippen LogP contribution in [0.2, 0.25) is 0 Å². The number of rotatable bonds is 11. The van der Waals surface area contributed by atoms with E-state index in [0.29, 0.717) is 18.9 Å². The SMILES string of the molecule is CC(C)C(=O)[C@H](Cc1ccccc1)NC(=O)[C@@H](NC(=O)N(C)Cc1csc(C(C)C)n1)C(C)C. The average Bonchev–Trinajstić information content (AvgIpc) is 3.25. The van der Waals surface area contributed by atoms with Crippen molar-refractivity contribution < 1.29 is 14.4 Å². The predicted molar refractivity (Wildman–Crippen MR) is 137 cm³/mol. The monoisotopic (exact) mass is 486 g/mol. The number of ketones is 1. The Labute approximate surface area is 207 Å². The van der Waals surface area contributed by atoms with Crippen LogP contribution in [0, 0.1) is 11.8 Å². The Balaban J connectivity index is 2.07. The Morgan fingerprint density at radius 2 is 1.65 bits per heavy atom. The maximum atomic E-state index is 13.2. The molecule has 0 aliphatic carbocycles. The first-order chi connectivity index (χ1) is 16.0. The maximum Gasteiger partial charge on any atom is 0.318 e. The standard InChI is InChI=1S/C26H38N4O3S/c1-16(2)22(29-26(33)30(7)14-20-15-34-25(27-20)18(5)6)24(32)28-21(23(31)17(3)4)13-19-11-9-8-10-12-19/h8-12,15-18,21-22H,13-14H2,1-7H3,(H,28,32)(H,29,33)/t21-,22-/m0/s1. The summed E-state index contributed by atoms with van der Waals surface area (Å²) in [4.78, 5) is 45.0. The van der Waals surface area contributed by atoms with Crippen LogP contribution >= 0.6 is 11.3 Å². The largest absolute Gasteiger partial charge is 0.344 e. The lowest BCUT2D eigenvalue weighted by molar-refractivity contribution is -0.130. The minimum atomic E-state index is -0.769. The van der Waals surface area contributed by atoms with E-state index in [9.17, 15) is 14.4 Å². The van der Waals surface area contributed by atoms with E-state index >= 15 is 0 Å². The van der Waals surface area contributed by atoms with Crippen molar-refractivity contribution in [3.8, 4) is 0 Å². The third kappa shape index (κ3) is 7.94. The minimum Gasteiger partial charge on any atom is -0.344 e. The molecule has 8 heteroatoms. The van der Waals surface area contributed by atoms with Crippen molar-refractivity contribution in [1.82, 2.24) is 20.5 Å². The molecule has 2 aromatic rings. The van der Waals surface area contributed by atoms with Gasteiger partial charge < -0.3 is 15.5 Å². The van der Waals surface area contributed by atoms with Crippen LogP contribution in [0.3, 0.4) is 0 Å².